The van der Waals surface area contributed by atoms with Crippen LogP contribution in [0.3, 0.4) is 0 Å². The molecule has 0 fully saturated rings. The van der Waals surface area contributed by atoms with Gasteiger partial charge in [0, 0.05) is 16.2 Å². The summed E-state index contributed by atoms with van der Waals surface area (Å²) in [5.74, 6) is -0.507. The number of halogens is 4. The van der Waals surface area contributed by atoms with E-state index in [1.807, 2.05) is 0 Å². The molecule has 1 aromatic carbocycles. The molecule has 0 bridgehead atoms. The van der Waals surface area contributed by atoms with Crippen LogP contribution in [-0.4, -0.2) is 10.1 Å². The number of phenolic OH excluding ortho intramolecular Hbond substituents is 1. The number of benzene rings is 1. The van der Waals surface area contributed by atoms with Crippen molar-refractivity contribution in [2.45, 2.75) is 13.1 Å². The van der Waals surface area contributed by atoms with E-state index in [-0.39, 0.29) is 16.0 Å². The van der Waals surface area contributed by atoms with Crippen LogP contribution in [0.25, 0.3) is 0 Å². The third-order valence-electron chi connectivity index (χ3n) is 2.59. The molecule has 106 valence electrons. The van der Waals surface area contributed by atoms with Gasteiger partial charge in [-0.05, 0) is 41.1 Å². The quantitative estimate of drug-likeness (QED) is 0.858. The van der Waals surface area contributed by atoms with Crippen molar-refractivity contribution >= 4 is 15.9 Å². The number of ether oxygens (including phenoxy) is 1. The van der Waals surface area contributed by atoms with Gasteiger partial charge in [0.1, 0.15) is 17.1 Å². The van der Waals surface area contributed by atoms with Gasteiger partial charge in [-0.25, -0.2) is 4.98 Å². The van der Waals surface area contributed by atoms with E-state index in [4.69, 9.17) is 4.74 Å². The van der Waals surface area contributed by atoms with Gasteiger partial charge >= 0.3 is 6.18 Å². The standard InChI is InChI=1S/C13H9BrF3NO2/c1-7-10(19)3-2-4-11(7)20-12-9(13(15,16)17)5-8(14)6-18-12/h2-6,19H,1H3. The second-order valence-corrected chi connectivity index (χ2v) is 4.92. The Hall–Kier alpha value is -1.76. The van der Waals surface area contributed by atoms with Crippen molar-refractivity contribution in [2.75, 3.05) is 0 Å². The Morgan fingerprint density at radius 1 is 1.30 bits per heavy atom. The summed E-state index contributed by atoms with van der Waals surface area (Å²) in [4.78, 5) is 3.64. The van der Waals surface area contributed by atoms with Crippen molar-refractivity contribution in [3.8, 4) is 17.4 Å². The van der Waals surface area contributed by atoms with E-state index in [0.717, 1.165) is 6.07 Å². The summed E-state index contributed by atoms with van der Waals surface area (Å²) in [5.41, 5.74) is -0.653. The summed E-state index contributed by atoms with van der Waals surface area (Å²) in [7, 11) is 0. The van der Waals surface area contributed by atoms with Crippen molar-refractivity contribution in [3.05, 3.63) is 46.1 Å². The van der Waals surface area contributed by atoms with E-state index < -0.39 is 17.6 Å². The Balaban J connectivity index is 2.46. The predicted molar refractivity (Wildman–Crippen MR) is 69.9 cm³/mol. The van der Waals surface area contributed by atoms with Gasteiger partial charge in [-0.2, -0.15) is 13.2 Å². The van der Waals surface area contributed by atoms with Gasteiger partial charge in [0.2, 0.25) is 5.88 Å². The van der Waals surface area contributed by atoms with Crippen molar-refractivity contribution in [3.63, 3.8) is 0 Å². The number of aromatic hydroxyl groups is 1. The molecule has 0 spiro atoms. The Kier molecular flexibility index (Phi) is 3.89. The number of phenols is 1. The van der Waals surface area contributed by atoms with E-state index in [1.54, 1.807) is 0 Å². The molecule has 0 saturated heterocycles. The van der Waals surface area contributed by atoms with Crippen LogP contribution in [0.2, 0.25) is 0 Å². The molecule has 0 aliphatic rings. The Morgan fingerprint density at radius 2 is 2.00 bits per heavy atom. The first-order chi connectivity index (χ1) is 9.29. The van der Waals surface area contributed by atoms with Crippen LogP contribution in [0.5, 0.6) is 17.4 Å². The molecule has 1 aromatic heterocycles. The molecule has 20 heavy (non-hydrogen) atoms. The van der Waals surface area contributed by atoms with Crippen molar-refractivity contribution in [1.82, 2.24) is 4.98 Å². The smallest absolute Gasteiger partial charge is 0.421 e. The topological polar surface area (TPSA) is 42.4 Å². The molecular formula is C13H9BrF3NO2. The summed E-state index contributed by atoms with van der Waals surface area (Å²) in [6, 6.07) is 5.24. The van der Waals surface area contributed by atoms with Crippen molar-refractivity contribution in [2.24, 2.45) is 0 Å². The number of rotatable bonds is 2. The fourth-order valence-corrected chi connectivity index (χ4v) is 1.86. The maximum absolute atomic E-state index is 12.9. The zero-order chi connectivity index (χ0) is 14.9. The van der Waals surface area contributed by atoms with Gasteiger partial charge in [0.25, 0.3) is 0 Å². The molecule has 2 aromatic rings. The lowest BCUT2D eigenvalue weighted by atomic mass is 10.2. The lowest BCUT2D eigenvalue weighted by Gasteiger charge is -2.14. The summed E-state index contributed by atoms with van der Waals surface area (Å²) >= 11 is 2.94. The number of nitrogens with zero attached hydrogens (tertiary/aromatic N) is 1. The third kappa shape index (κ3) is 3.04. The summed E-state index contributed by atoms with van der Waals surface area (Å²) in [6.07, 6.45) is -3.38. The molecule has 0 amide bonds. The van der Waals surface area contributed by atoms with Crippen LogP contribution >= 0.6 is 15.9 Å². The second kappa shape index (κ2) is 5.32. The maximum Gasteiger partial charge on any atom is 0.421 e. The molecular weight excluding hydrogens is 339 g/mol. The molecule has 3 nitrogen and oxygen atoms in total. The van der Waals surface area contributed by atoms with Crippen molar-refractivity contribution in [1.29, 1.82) is 0 Å². The van der Waals surface area contributed by atoms with Crippen LogP contribution < -0.4 is 4.74 Å². The van der Waals surface area contributed by atoms with E-state index in [1.165, 1.54) is 31.3 Å². The predicted octanol–water partition coefficient (Wildman–Crippen LogP) is 4.67. The van der Waals surface area contributed by atoms with Gasteiger partial charge in [-0.15, -0.1) is 0 Å². The third-order valence-corrected chi connectivity index (χ3v) is 3.02. The number of hydrogen-bond donors (Lipinski definition) is 1. The summed E-state index contributed by atoms with van der Waals surface area (Å²) in [5, 5.41) is 9.52. The number of alkyl halides is 3. The van der Waals surface area contributed by atoms with Gasteiger partial charge in [0.15, 0.2) is 0 Å². The van der Waals surface area contributed by atoms with E-state index in [9.17, 15) is 18.3 Å². The lowest BCUT2D eigenvalue weighted by molar-refractivity contribution is -0.138. The van der Waals surface area contributed by atoms with Gasteiger partial charge in [0.05, 0.1) is 0 Å². The minimum Gasteiger partial charge on any atom is -0.508 e. The highest BCUT2D eigenvalue weighted by Crippen LogP contribution is 2.39. The minimum atomic E-state index is -4.59. The highest BCUT2D eigenvalue weighted by atomic mass is 79.9. The van der Waals surface area contributed by atoms with Crippen LogP contribution in [0.1, 0.15) is 11.1 Å². The first kappa shape index (κ1) is 14.6. The summed E-state index contributed by atoms with van der Waals surface area (Å²) < 4.78 is 44.2. The molecule has 0 saturated carbocycles. The lowest BCUT2D eigenvalue weighted by Crippen LogP contribution is -2.08. The van der Waals surface area contributed by atoms with Gasteiger partial charge < -0.3 is 9.84 Å². The average molecular weight is 348 g/mol. The average Bonchev–Trinajstić information content (AvgIpc) is 2.36. The van der Waals surface area contributed by atoms with Crippen LogP contribution in [0, 0.1) is 6.92 Å². The second-order valence-electron chi connectivity index (χ2n) is 4.01. The molecule has 0 unspecified atom stereocenters. The molecule has 0 aliphatic heterocycles. The monoisotopic (exact) mass is 347 g/mol. The maximum atomic E-state index is 12.9. The van der Waals surface area contributed by atoms with Crippen LogP contribution in [0.4, 0.5) is 13.2 Å². The molecule has 1 N–H and O–H groups in total. The zero-order valence-corrected chi connectivity index (χ0v) is 11.8. The van der Waals surface area contributed by atoms with E-state index in [2.05, 4.69) is 20.9 Å². The molecule has 0 atom stereocenters. The first-order valence-corrected chi connectivity index (χ1v) is 6.27. The number of aromatic nitrogens is 1. The molecule has 2 rings (SSSR count). The number of pyridine rings is 1. The summed E-state index contributed by atoms with van der Waals surface area (Å²) in [6.45, 7) is 1.54. The molecule has 1 heterocycles. The fourth-order valence-electron chi connectivity index (χ4n) is 1.53. The van der Waals surface area contributed by atoms with Crippen LogP contribution in [0.15, 0.2) is 34.9 Å². The molecule has 0 aliphatic carbocycles. The Bertz CT molecular complexity index is 644. The largest absolute Gasteiger partial charge is 0.508 e. The van der Waals surface area contributed by atoms with Gasteiger partial charge in [-0.3, -0.25) is 0 Å². The highest BCUT2D eigenvalue weighted by molar-refractivity contribution is 9.10. The minimum absolute atomic E-state index is 0.0619. The van der Waals surface area contributed by atoms with E-state index in [0.29, 0.717) is 5.56 Å². The molecule has 0 radical (unpaired) electrons. The SMILES string of the molecule is Cc1c(O)cccc1Oc1ncc(Br)cc1C(F)(F)F. The normalized spacial score (nSPS) is 11.4. The van der Waals surface area contributed by atoms with E-state index >= 15 is 0 Å². The molecule has 7 heteroatoms. The first-order valence-electron chi connectivity index (χ1n) is 5.48. The van der Waals surface area contributed by atoms with Crippen molar-refractivity contribution < 1.29 is 23.0 Å². The van der Waals surface area contributed by atoms with Crippen LogP contribution in [-0.2, 0) is 6.18 Å². The Labute approximate surface area is 121 Å². The Morgan fingerprint density at radius 3 is 2.65 bits per heavy atom. The zero-order valence-electron chi connectivity index (χ0n) is 10.2. The highest BCUT2D eigenvalue weighted by Gasteiger charge is 2.36. The number of hydrogen-bond acceptors (Lipinski definition) is 3. The van der Waals surface area contributed by atoms with Gasteiger partial charge in [-0.1, -0.05) is 6.07 Å². The fraction of sp³-hybridized carbons (Fsp3) is 0.154.